The van der Waals surface area contributed by atoms with Gasteiger partial charge in [-0.25, -0.2) is 0 Å². The van der Waals surface area contributed by atoms with Crippen LogP contribution in [-0.2, 0) is 11.2 Å². The maximum atomic E-state index is 12.6. The van der Waals surface area contributed by atoms with E-state index in [2.05, 4.69) is 66.3 Å². The Bertz CT molecular complexity index is 768. The van der Waals surface area contributed by atoms with Crippen LogP contribution in [0.2, 0.25) is 0 Å². The monoisotopic (exact) mass is 464 g/mol. The van der Waals surface area contributed by atoms with E-state index in [1.807, 2.05) is 26.1 Å². The molecule has 1 atom stereocenters. The minimum absolute atomic E-state index is 0.00388. The quantitative estimate of drug-likeness (QED) is 0.649. The summed E-state index contributed by atoms with van der Waals surface area (Å²) in [4.78, 5) is 14.7. The van der Waals surface area contributed by atoms with Crippen LogP contribution in [0.15, 0.2) is 45.3 Å². The topological polar surface area (TPSA) is 32.3 Å². The molecule has 1 aliphatic carbocycles. The number of nitrogens with zero attached hydrogens (tertiary/aromatic N) is 1. The number of carbonyl (C=O) groups excluding carboxylic acids is 1. The summed E-state index contributed by atoms with van der Waals surface area (Å²) < 4.78 is 1.77. The van der Waals surface area contributed by atoms with Crippen LogP contribution in [0.4, 0.5) is 5.69 Å². The lowest BCUT2D eigenvalue weighted by atomic mass is 9.87. The number of aryl methyl sites for hydroxylation is 2. The van der Waals surface area contributed by atoms with Crippen LogP contribution in [0.3, 0.4) is 0 Å². The highest BCUT2D eigenvalue weighted by Crippen LogP contribution is 2.34. The summed E-state index contributed by atoms with van der Waals surface area (Å²) in [6, 6.07) is 12.9. The Hall–Kier alpha value is -1.17. The van der Waals surface area contributed by atoms with E-state index in [1.54, 1.807) is 0 Å². The molecule has 2 aromatic rings. The Morgan fingerprint density at radius 2 is 1.92 bits per heavy atom. The first-order chi connectivity index (χ1) is 12.0. The molecule has 0 heterocycles. The van der Waals surface area contributed by atoms with Gasteiger partial charge in [0.25, 0.3) is 0 Å². The van der Waals surface area contributed by atoms with Crippen LogP contribution >= 0.6 is 31.9 Å². The van der Waals surface area contributed by atoms with Crippen molar-refractivity contribution in [2.75, 3.05) is 18.9 Å². The standard InChI is InChI=1S/C20H22Br2N2O/c1-13-10-16(21)20(17(22)11-13)23-19(25)12-24(2)18-9-5-7-14-6-3-4-8-15(14)18/h3-4,6,8,10-11,18H,5,7,9,12H2,1-2H3,(H,23,25). The Morgan fingerprint density at radius 1 is 1.24 bits per heavy atom. The van der Waals surface area contributed by atoms with Crippen molar-refractivity contribution in [1.82, 2.24) is 4.90 Å². The van der Waals surface area contributed by atoms with Crippen molar-refractivity contribution in [2.45, 2.75) is 32.2 Å². The molecule has 0 saturated heterocycles. The predicted octanol–water partition coefficient (Wildman–Crippen LogP) is 5.47. The number of amides is 1. The molecule has 0 aromatic heterocycles. The number of rotatable bonds is 4. The largest absolute Gasteiger partial charge is 0.323 e. The van der Waals surface area contributed by atoms with Crippen LogP contribution in [0.5, 0.6) is 0 Å². The normalized spacial score (nSPS) is 16.6. The number of anilines is 1. The Balaban J connectivity index is 1.70. The van der Waals surface area contributed by atoms with Crippen LogP contribution < -0.4 is 5.32 Å². The Morgan fingerprint density at radius 3 is 2.64 bits per heavy atom. The maximum Gasteiger partial charge on any atom is 0.238 e. The molecule has 0 fully saturated rings. The number of hydrogen-bond donors (Lipinski definition) is 1. The Kier molecular flexibility index (Phi) is 5.97. The first kappa shape index (κ1) is 18.6. The van der Waals surface area contributed by atoms with Gasteiger partial charge in [0.1, 0.15) is 0 Å². The molecule has 0 radical (unpaired) electrons. The molecular formula is C20H22Br2N2O. The average molecular weight is 466 g/mol. The van der Waals surface area contributed by atoms with Crippen molar-refractivity contribution in [1.29, 1.82) is 0 Å². The van der Waals surface area contributed by atoms with Crippen LogP contribution in [0.1, 0.15) is 35.6 Å². The molecule has 1 unspecified atom stereocenters. The molecular weight excluding hydrogens is 444 g/mol. The predicted molar refractivity (Wildman–Crippen MR) is 110 cm³/mol. The molecule has 5 heteroatoms. The fourth-order valence-electron chi connectivity index (χ4n) is 3.52. The molecule has 2 aromatic carbocycles. The summed E-state index contributed by atoms with van der Waals surface area (Å²) in [5.41, 5.74) is 4.69. The SMILES string of the molecule is Cc1cc(Br)c(NC(=O)CN(C)C2CCCc3ccccc32)c(Br)c1. The lowest BCUT2D eigenvalue weighted by Gasteiger charge is -2.33. The van der Waals surface area contributed by atoms with Gasteiger partial charge in [0.15, 0.2) is 0 Å². The van der Waals surface area contributed by atoms with Crippen molar-refractivity contribution in [3.05, 3.63) is 62.0 Å². The highest BCUT2D eigenvalue weighted by Gasteiger charge is 2.24. The number of likely N-dealkylation sites (N-methyl/N-ethyl adjacent to an activating group) is 1. The van der Waals surface area contributed by atoms with E-state index in [4.69, 9.17) is 0 Å². The van der Waals surface area contributed by atoms with Gasteiger partial charge in [0.2, 0.25) is 5.91 Å². The maximum absolute atomic E-state index is 12.6. The van der Waals surface area contributed by atoms with Crippen molar-refractivity contribution < 1.29 is 4.79 Å². The summed E-state index contributed by atoms with van der Waals surface area (Å²) in [6.07, 6.45) is 3.40. The fourth-order valence-corrected chi connectivity index (χ4v) is 5.13. The second kappa shape index (κ2) is 8.02. The highest BCUT2D eigenvalue weighted by atomic mass is 79.9. The average Bonchev–Trinajstić information content (AvgIpc) is 2.57. The molecule has 3 nitrogen and oxygen atoms in total. The fraction of sp³-hybridized carbons (Fsp3) is 0.350. The third-order valence-corrected chi connectivity index (χ3v) is 5.96. The molecule has 1 N–H and O–H groups in total. The molecule has 132 valence electrons. The molecule has 25 heavy (non-hydrogen) atoms. The number of hydrogen-bond acceptors (Lipinski definition) is 2. The second-order valence-electron chi connectivity index (χ2n) is 6.67. The van der Waals surface area contributed by atoms with Gasteiger partial charge in [-0.1, -0.05) is 24.3 Å². The van der Waals surface area contributed by atoms with Gasteiger partial charge in [-0.2, -0.15) is 0 Å². The summed E-state index contributed by atoms with van der Waals surface area (Å²) in [6.45, 7) is 2.39. The number of halogens is 2. The van der Waals surface area contributed by atoms with E-state index in [0.29, 0.717) is 12.6 Å². The van der Waals surface area contributed by atoms with Gasteiger partial charge in [0.05, 0.1) is 12.2 Å². The van der Waals surface area contributed by atoms with E-state index in [9.17, 15) is 4.79 Å². The Labute approximate surface area is 166 Å². The van der Waals surface area contributed by atoms with Crippen molar-refractivity contribution in [2.24, 2.45) is 0 Å². The van der Waals surface area contributed by atoms with E-state index in [1.165, 1.54) is 17.5 Å². The van der Waals surface area contributed by atoms with Crippen LogP contribution in [0, 0.1) is 6.92 Å². The smallest absolute Gasteiger partial charge is 0.238 e. The highest BCUT2D eigenvalue weighted by molar-refractivity contribution is 9.11. The number of fused-ring (bicyclic) bond motifs is 1. The molecule has 0 spiro atoms. The molecule has 0 saturated carbocycles. The van der Waals surface area contributed by atoms with Crippen molar-refractivity contribution in [3.8, 4) is 0 Å². The van der Waals surface area contributed by atoms with Gasteiger partial charge < -0.3 is 5.32 Å². The van der Waals surface area contributed by atoms with Crippen molar-refractivity contribution >= 4 is 43.5 Å². The zero-order valence-electron chi connectivity index (χ0n) is 14.5. The van der Waals surface area contributed by atoms with Gasteiger partial charge in [-0.3, -0.25) is 9.69 Å². The third-order valence-electron chi connectivity index (χ3n) is 4.71. The molecule has 0 aliphatic heterocycles. The number of nitrogens with one attached hydrogen (secondary N) is 1. The first-order valence-electron chi connectivity index (χ1n) is 8.49. The number of carbonyl (C=O) groups is 1. The van der Waals surface area contributed by atoms with Gasteiger partial charge in [-0.05, 0) is 93.9 Å². The zero-order chi connectivity index (χ0) is 18.0. The minimum atomic E-state index is -0.00388. The van der Waals surface area contributed by atoms with Crippen molar-refractivity contribution in [3.63, 3.8) is 0 Å². The first-order valence-corrected chi connectivity index (χ1v) is 10.1. The molecule has 1 amide bonds. The van der Waals surface area contributed by atoms with Crippen LogP contribution in [-0.4, -0.2) is 24.4 Å². The molecule has 0 bridgehead atoms. The third kappa shape index (κ3) is 4.33. The summed E-state index contributed by atoms with van der Waals surface area (Å²) >= 11 is 7.06. The van der Waals surface area contributed by atoms with E-state index in [-0.39, 0.29) is 5.91 Å². The molecule has 1 aliphatic rings. The molecule has 3 rings (SSSR count). The second-order valence-corrected chi connectivity index (χ2v) is 8.38. The minimum Gasteiger partial charge on any atom is -0.323 e. The zero-order valence-corrected chi connectivity index (χ0v) is 17.7. The van der Waals surface area contributed by atoms with Gasteiger partial charge in [0, 0.05) is 15.0 Å². The van der Waals surface area contributed by atoms with Gasteiger partial charge >= 0.3 is 0 Å². The van der Waals surface area contributed by atoms with Gasteiger partial charge in [-0.15, -0.1) is 0 Å². The summed E-state index contributed by atoms with van der Waals surface area (Å²) in [5.74, 6) is -0.00388. The van der Waals surface area contributed by atoms with E-state index in [0.717, 1.165) is 33.0 Å². The van der Waals surface area contributed by atoms with Crippen LogP contribution in [0.25, 0.3) is 0 Å². The lowest BCUT2D eigenvalue weighted by Crippen LogP contribution is -2.35. The lowest BCUT2D eigenvalue weighted by molar-refractivity contribution is -0.117. The number of benzene rings is 2. The van der Waals surface area contributed by atoms with E-state index >= 15 is 0 Å². The summed E-state index contributed by atoms with van der Waals surface area (Å²) in [7, 11) is 2.03. The van der Waals surface area contributed by atoms with E-state index < -0.39 is 0 Å². The summed E-state index contributed by atoms with van der Waals surface area (Å²) in [5, 5.41) is 3.03.